The number of ether oxygens (including phenoxy) is 3. The molecule has 0 aliphatic carbocycles. The van der Waals surface area contributed by atoms with Gasteiger partial charge in [0.25, 0.3) is 0 Å². The molecule has 140 valence electrons. The summed E-state index contributed by atoms with van der Waals surface area (Å²) >= 11 is 0. The van der Waals surface area contributed by atoms with Crippen molar-refractivity contribution in [2.75, 3.05) is 6.61 Å². The lowest BCUT2D eigenvalue weighted by molar-refractivity contribution is -0.298. The van der Waals surface area contributed by atoms with Gasteiger partial charge in [0.1, 0.15) is 24.4 Å². The first-order chi connectivity index (χ1) is 12.6. The van der Waals surface area contributed by atoms with E-state index in [1.54, 1.807) is 0 Å². The third kappa shape index (κ3) is 4.88. The van der Waals surface area contributed by atoms with E-state index in [2.05, 4.69) is 0 Å². The summed E-state index contributed by atoms with van der Waals surface area (Å²) in [5.74, 6) is 0. The van der Waals surface area contributed by atoms with Gasteiger partial charge in [-0.3, -0.25) is 0 Å². The SMILES string of the molecule is O[C@H]1[C@@H](OCc2ccccc2)[C@H](O)[C@H](COCc2ccccc2)O[C@H]1O. The zero-order chi connectivity index (χ0) is 18.4. The Labute approximate surface area is 152 Å². The highest BCUT2D eigenvalue weighted by Gasteiger charge is 2.44. The number of aliphatic hydroxyl groups is 3. The largest absolute Gasteiger partial charge is 0.387 e. The van der Waals surface area contributed by atoms with Crippen LogP contribution in [0, 0.1) is 0 Å². The maximum Gasteiger partial charge on any atom is 0.184 e. The van der Waals surface area contributed by atoms with Crippen LogP contribution in [0.3, 0.4) is 0 Å². The van der Waals surface area contributed by atoms with E-state index < -0.39 is 30.7 Å². The van der Waals surface area contributed by atoms with Gasteiger partial charge in [0.05, 0.1) is 19.8 Å². The van der Waals surface area contributed by atoms with E-state index in [-0.39, 0.29) is 13.2 Å². The van der Waals surface area contributed by atoms with Gasteiger partial charge in [-0.1, -0.05) is 60.7 Å². The van der Waals surface area contributed by atoms with Crippen LogP contribution in [0.1, 0.15) is 11.1 Å². The predicted molar refractivity (Wildman–Crippen MR) is 94.0 cm³/mol. The molecule has 5 atom stereocenters. The standard InChI is InChI=1S/C20H24O6/c21-17-16(13-24-11-14-7-3-1-4-8-14)26-20(23)18(22)19(17)25-12-15-9-5-2-6-10-15/h1-10,16-23H,11-13H2/t16-,17+,18-,19-,20+/m0/s1. The summed E-state index contributed by atoms with van der Waals surface area (Å²) in [6.07, 6.45) is -5.65. The van der Waals surface area contributed by atoms with E-state index in [1.165, 1.54) is 0 Å². The number of rotatable bonds is 7. The molecule has 6 heteroatoms. The Morgan fingerprint density at radius 2 is 1.35 bits per heavy atom. The molecule has 0 bridgehead atoms. The smallest absolute Gasteiger partial charge is 0.184 e. The Kier molecular flexibility index (Phi) is 6.73. The van der Waals surface area contributed by atoms with Gasteiger partial charge in [0, 0.05) is 0 Å². The molecule has 1 fully saturated rings. The van der Waals surface area contributed by atoms with E-state index in [4.69, 9.17) is 14.2 Å². The Bertz CT molecular complexity index is 650. The molecule has 0 unspecified atom stereocenters. The predicted octanol–water partition coefficient (Wildman–Crippen LogP) is 1.23. The Morgan fingerprint density at radius 1 is 0.769 bits per heavy atom. The summed E-state index contributed by atoms with van der Waals surface area (Å²) in [7, 11) is 0. The fraction of sp³-hybridized carbons (Fsp3) is 0.400. The normalized spacial score (nSPS) is 28.8. The van der Waals surface area contributed by atoms with Crippen LogP contribution in [0.25, 0.3) is 0 Å². The first-order valence-corrected chi connectivity index (χ1v) is 8.62. The van der Waals surface area contributed by atoms with Crippen molar-refractivity contribution in [2.45, 2.75) is 43.9 Å². The van der Waals surface area contributed by atoms with Crippen LogP contribution in [-0.4, -0.2) is 52.6 Å². The average molecular weight is 360 g/mol. The summed E-state index contributed by atoms with van der Waals surface area (Å²) in [5, 5.41) is 30.5. The van der Waals surface area contributed by atoms with E-state index in [0.717, 1.165) is 11.1 Å². The lowest BCUT2D eigenvalue weighted by Crippen LogP contribution is -2.59. The van der Waals surface area contributed by atoms with Crippen LogP contribution in [-0.2, 0) is 27.4 Å². The monoisotopic (exact) mass is 360 g/mol. The molecule has 1 aliphatic heterocycles. The summed E-state index contributed by atoms with van der Waals surface area (Å²) in [6.45, 7) is 0.649. The zero-order valence-corrected chi connectivity index (χ0v) is 14.3. The molecule has 0 aromatic heterocycles. The highest BCUT2D eigenvalue weighted by atomic mass is 16.7. The zero-order valence-electron chi connectivity index (χ0n) is 14.3. The minimum absolute atomic E-state index is 0.0744. The quantitative estimate of drug-likeness (QED) is 0.688. The van der Waals surface area contributed by atoms with Gasteiger partial charge >= 0.3 is 0 Å². The fourth-order valence-corrected chi connectivity index (χ4v) is 2.88. The van der Waals surface area contributed by atoms with Crippen molar-refractivity contribution >= 4 is 0 Å². The second-order valence-corrected chi connectivity index (χ2v) is 6.31. The van der Waals surface area contributed by atoms with Gasteiger partial charge in [-0.15, -0.1) is 0 Å². The number of aliphatic hydroxyl groups excluding tert-OH is 3. The van der Waals surface area contributed by atoms with Gasteiger partial charge in [-0.2, -0.15) is 0 Å². The van der Waals surface area contributed by atoms with Crippen molar-refractivity contribution in [1.29, 1.82) is 0 Å². The van der Waals surface area contributed by atoms with Crippen LogP contribution in [0.2, 0.25) is 0 Å². The first kappa shape index (κ1) is 19.0. The number of hydrogen-bond donors (Lipinski definition) is 3. The molecule has 6 nitrogen and oxygen atoms in total. The maximum atomic E-state index is 10.5. The van der Waals surface area contributed by atoms with Crippen molar-refractivity contribution < 1.29 is 29.5 Å². The lowest BCUT2D eigenvalue weighted by Gasteiger charge is -2.40. The Hall–Kier alpha value is -1.80. The van der Waals surface area contributed by atoms with Crippen molar-refractivity contribution in [3.05, 3.63) is 71.8 Å². The molecule has 3 rings (SSSR count). The van der Waals surface area contributed by atoms with E-state index in [0.29, 0.717) is 6.61 Å². The molecule has 2 aromatic carbocycles. The van der Waals surface area contributed by atoms with Crippen LogP contribution in [0.4, 0.5) is 0 Å². The van der Waals surface area contributed by atoms with Crippen LogP contribution in [0.15, 0.2) is 60.7 Å². The van der Waals surface area contributed by atoms with E-state index >= 15 is 0 Å². The molecule has 3 N–H and O–H groups in total. The van der Waals surface area contributed by atoms with Crippen LogP contribution < -0.4 is 0 Å². The highest BCUT2D eigenvalue weighted by Crippen LogP contribution is 2.24. The van der Waals surface area contributed by atoms with Gasteiger partial charge in [-0.05, 0) is 11.1 Å². The molecule has 1 heterocycles. The molecule has 0 saturated carbocycles. The van der Waals surface area contributed by atoms with Crippen molar-refractivity contribution in [2.24, 2.45) is 0 Å². The van der Waals surface area contributed by atoms with Gasteiger partial charge in [0.2, 0.25) is 0 Å². The molecular weight excluding hydrogens is 336 g/mol. The van der Waals surface area contributed by atoms with Gasteiger partial charge < -0.3 is 29.5 Å². The molecular formula is C20H24O6. The van der Waals surface area contributed by atoms with Crippen molar-refractivity contribution in [1.82, 2.24) is 0 Å². The minimum atomic E-state index is -1.44. The molecule has 0 spiro atoms. The van der Waals surface area contributed by atoms with Crippen molar-refractivity contribution in [3.63, 3.8) is 0 Å². The third-order valence-electron chi connectivity index (χ3n) is 4.34. The molecule has 2 aromatic rings. The molecule has 0 amide bonds. The summed E-state index contributed by atoms with van der Waals surface area (Å²) < 4.78 is 16.5. The molecule has 1 saturated heterocycles. The summed E-state index contributed by atoms with van der Waals surface area (Å²) in [4.78, 5) is 0. The summed E-state index contributed by atoms with van der Waals surface area (Å²) in [6, 6.07) is 19.0. The van der Waals surface area contributed by atoms with Crippen molar-refractivity contribution in [3.8, 4) is 0 Å². The average Bonchev–Trinajstić information content (AvgIpc) is 2.67. The van der Waals surface area contributed by atoms with Crippen LogP contribution in [0.5, 0.6) is 0 Å². The second kappa shape index (κ2) is 9.23. The lowest BCUT2D eigenvalue weighted by atomic mass is 9.99. The third-order valence-corrected chi connectivity index (χ3v) is 4.34. The molecule has 0 radical (unpaired) electrons. The Balaban J connectivity index is 1.55. The fourth-order valence-electron chi connectivity index (χ4n) is 2.88. The van der Waals surface area contributed by atoms with E-state index in [1.807, 2.05) is 60.7 Å². The van der Waals surface area contributed by atoms with Crippen LogP contribution >= 0.6 is 0 Å². The van der Waals surface area contributed by atoms with Gasteiger partial charge in [-0.25, -0.2) is 0 Å². The maximum absolute atomic E-state index is 10.5. The second-order valence-electron chi connectivity index (χ2n) is 6.31. The summed E-state index contributed by atoms with van der Waals surface area (Å²) in [5.41, 5.74) is 1.90. The number of benzene rings is 2. The highest BCUT2D eigenvalue weighted by molar-refractivity contribution is 5.14. The first-order valence-electron chi connectivity index (χ1n) is 8.62. The van der Waals surface area contributed by atoms with Gasteiger partial charge in [0.15, 0.2) is 6.29 Å². The minimum Gasteiger partial charge on any atom is -0.387 e. The topological polar surface area (TPSA) is 88.4 Å². The van der Waals surface area contributed by atoms with E-state index in [9.17, 15) is 15.3 Å². The Morgan fingerprint density at radius 3 is 1.96 bits per heavy atom. The molecule has 1 aliphatic rings. The number of hydrogen-bond acceptors (Lipinski definition) is 6. The molecule has 26 heavy (non-hydrogen) atoms.